The Labute approximate surface area is 193 Å². The molecule has 1 atom stereocenters. The Morgan fingerprint density at radius 1 is 1.06 bits per heavy atom. The van der Waals surface area contributed by atoms with Gasteiger partial charge in [0.1, 0.15) is 11.6 Å². The third-order valence-electron chi connectivity index (χ3n) is 7.14. The summed E-state index contributed by atoms with van der Waals surface area (Å²) in [5.41, 5.74) is 6.27. The zero-order valence-corrected chi connectivity index (χ0v) is 19.5. The van der Waals surface area contributed by atoms with Crippen LogP contribution in [0.25, 0.3) is 22.2 Å². The van der Waals surface area contributed by atoms with Crippen LogP contribution < -0.4 is 0 Å². The van der Waals surface area contributed by atoms with Gasteiger partial charge in [0.05, 0.1) is 16.6 Å². The number of likely N-dealkylation sites (tertiary alicyclic amines) is 1. The highest BCUT2D eigenvalue weighted by molar-refractivity contribution is 6.01. The molecule has 1 aliphatic rings. The third kappa shape index (κ3) is 3.43. The summed E-state index contributed by atoms with van der Waals surface area (Å²) in [5.74, 6) is 0.380. The van der Waals surface area contributed by atoms with E-state index in [1.54, 1.807) is 18.2 Å². The van der Waals surface area contributed by atoms with Gasteiger partial charge in [-0.25, -0.2) is 9.37 Å². The van der Waals surface area contributed by atoms with Gasteiger partial charge in [0, 0.05) is 17.7 Å². The fourth-order valence-corrected chi connectivity index (χ4v) is 5.00. The molecule has 1 fully saturated rings. The molecule has 0 saturated carbocycles. The number of rotatable bonds is 3. The zero-order chi connectivity index (χ0) is 23.3. The van der Waals surface area contributed by atoms with E-state index in [0.29, 0.717) is 23.2 Å². The van der Waals surface area contributed by atoms with Gasteiger partial charge in [-0.1, -0.05) is 42.0 Å². The summed E-state index contributed by atoms with van der Waals surface area (Å²) in [6, 6.07) is 16.4. The maximum Gasteiger partial charge on any atom is 0.255 e. The highest BCUT2D eigenvalue weighted by Crippen LogP contribution is 2.40. The molecule has 1 aliphatic heterocycles. The lowest BCUT2D eigenvalue weighted by molar-refractivity contribution is 0.0606. The number of aromatic amines is 1. The number of carbonyl (C=O) groups is 1. The van der Waals surface area contributed by atoms with Gasteiger partial charge in [0.15, 0.2) is 0 Å². The van der Waals surface area contributed by atoms with E-state index in [1.807, 2.05) is 30.0 Å². The smallest absolute Gasteiger partial charge is 0.255 e. The van der Waals surface area contributed by atoms with Crippen molar-refractivity contribution in [2.75, 3.05) is 6.54 Å². The van der Waals surface area contributed by atoms with E-state index in [-0.39, 0.29) is 11.7 Å². The lowest BCUT2D eigenvalue weighted by Gasteiger charge is -2.34. The van der Waals surface area contributed by atoms with Crippen molar-refractivity contribution < 1.29 is 9.18 Å². The van der Waals surface area contributed by atoms with Crippen LogP contribution in [-0.2, 0) is 5.54 Å². The number of nitrogens with zero attached hydrogens (tertiary/aromatic N) is 2. The van der Waals surface area contributed by atoms with Gasteiger partial charge in [0.2, 0.25) is 0 Å². The number of halogens is 1. The van der Waals surface area contributed by atoms with E-state index in [9.17, 15) is 9.18 Å². The molecule has 1 amide bonds. The summed E-state index contributed by atoms with van der Waals surface area (Å²) in [7, 11) is 0. The Morgan fingerprint density at radius 2 is 1.85 bits per heavy atom. The molecule has 4 nitrogen and oxygen atoms in total. The number of amides is 1. The molecule has 1 N–H and O–H groups in total. The summed E-state index contributed by atoms with van der Waals surface area (Å²) < 4.78 is 14.7. The molecule has 5 rings (SSSR count). The average molecular weight is 442 g/mol. The number of carbonyl (C=O) groups excluding carboxylic acids is 1. The van der Waals surface area contributed by atoms with Crippen molar-refractivity contribution in [3.8, 4) is 11.1 Å². The molecule has 168 valence electrons. The Bertz CT molecular complexity index is 1390. The first-order chi connectivity index (χ1) is 15.8. The summed E-state index contributed by atoms with van der Waals surface area (Å²) in [4.78, 5) is 24.3. The zero-order valence-electron chi connectivity index (χ0n) is 19.5. The summed E-state index contributed by atoms with van der Waals surface area (Å²) in [5, 5.41) is 0. The molecular formula is C28H28FN3O. The van der Waals surface area contributed by atoms with Crippen LogP contribution >= 0.6 is 0 Å². The number of nitrogens with one attached hydrogen (secondary N) is 1. The van der Waals surface area contributed by atoms with Crippen molar-refractivity contribution in [2.45, 2.75) is 46.1 Å². The lowest BCUT2D eigenvalue weighted by Crippen LogP contribution is -2.43. The number of aromatic nitrogens is 2. The quantitative estimate of drug-likeness (QED) is 0.397. The monoisotopic (exact) mass is 441 g/mol. The first kappa shape index (κ1) is 21.4. The minimum atomic E-state index is -0.563. The van der Waals surface area contributed by atoms with Gasteiger partial charge in [-0.15, -0.1) is 0 Å². The van der Waals surface area contributed by atoms with Crippen LogP contribution in [0.4, 0.5) is 4.39 Å². The maximum absolute atomic E-state index is 14.7. The molecule has 3 aromatic carbocycles. The fraction of sp³-hybridized carbons (Fsp3) is 0.286. The minimum absolute atomic E-state index is 0.0923. The van der Waals surface area contributed by atoms with Gasteiger partial charge >= 0.3 is 0 Å². The number of H-pyrrole nitrogens is 1. The van der Waals surface area contributed by atoms with E-state index in [2.05, 4.69) is 37.9 Å². The Balaban J connectivity index is 1.60. The van der Waals surface area contributed by atoms with Crippen LogP contribution in [0.1, 0.15) is 52.6 Å². The fourth-order valence-electron chi connectivity index (χ4n) is 5.00. The summed E-state index contributed by atoms with van der Waals surface area (Å²) in [6.07, 6.45) is 1.70. The number of hydrogen-bond acceptors (Lipinski definition) is 2. The van der Waals surface area contributed by atoms with Gasteiger partial charge in [-0.2, -0.15) is 0 Å². The molecule has 1 saturated heterocycles. The van der Waals surface area contributed by atoms with Gasteiger partial charge < -0.3 is 9.88 Å². The highest BCUT2D eigenvalue weighted by atomic mass is 19.1. The van der Waals surface area contributed by atoms with Crippen LogP contribution in [-0.4, -0.2) is 27.3 Å². The molecule has 0 spiro atoms. The number of hydrogen-bond donors (Lipinski definition) is 1. The standard InChI is InChI=1S/C28H28FN3O/c1-17-10-12-20(21-8-5-6-9-23(21)29)22(16-17)26(33)32-15-7-14-28(32,4)27-30-24-13-11-18(2)19(3)25(24)31-27/h5-6,8-13,16H,7,14-15H2,1-4H3,(H,30,31). The molecule has 4 aromatic rings. The van der Waals surface area contributed by atoms with Crippen molar-refractivity contribution in [3.63, 3.8) is 0 Å². The number of imidazole rings is 1. The second-order valence-electron chi connectivity index (χ2n) is 9.35. The van der Waals surface area contributed by atoms with E-state index >= 15 is 0 Å². The van der Waals surface area contributed by atoms with Gasteiger partial charge in [0.25, 0.3) is 5.91 Å². The Kier molecular flexibility index (Phi) is 5.08. The van der Waals surface area contributed by atoms with Crippen molar-refractivity contribution in [3.05, 3.63) is 88.5 Å². The number of benzene rings is 3. The molecule has 0 bridgehead atoms. The van der Waals surface area contributed by atoms with Crippen LogP contribution in [0.15, 0.2) is 54.6 Å². The maximum atomic E-state index is 14.7. The molecule has 5 heteroatoms. The minimum Gasteiger partial charge on any atom is -0.340 e. The highest BCUT2D eigenvalue weighted by Gasteiger charge is 2.44. The molecule has 0 aliphatic carbocycles. The third-order valence-corrected chi connectivity index (χ3v) is 7.14. The topological polar surface area (TPSA) is 49.0 Å². The van der Waals surface area contributed by atoms with Crippen LogP contribution in [0.5, 0.6) is 0 Å². The number of aryl methyl sites for hydroxylation is 3. The SMILES string of the molecule is Cc1ccc(-c2ccccc2F)c(C(=O)N2CCCC2(C)c2nc3c(C)c(C)ccc3[nH]2)c1. The van der Waals surface area contributed by atoms with Crippen LogP contribution in [0.2, 0.25) is 0 Å². The first-order valence-corrected chi connectivity index (χ1v) is 11.4. The molecule has 1 unspecified atom stereocenters. The first-order valence-electron chi connectivity index (χ1n) is 11.4. The van der Waals surface area contributed by atoms with E-state index in [1.165, 1.54) is 11.6 Å². The molecule has 2 heterocycles. The van der Waals surface area contributed by atoms with Crippen molar-refractivity contribution >= 4 is 16.9 Å². The Hall–Kier alpha value is -3.47. The van der Waals surface area contributed by atoms with E-state index in [4.69, 9.17) is 4.98 Å². The molecule has 33 heavy (non-hydrogen) atoms. The second-order valence-corrected chi connectivity index (χ2v) is 9.35. The largest absolute Gasteiger partial charge is 0.340 e. The van der Waals surface area contributed by atoms with E-state index in [0.717, 1.165) is 40.8 Å². The predicted octanol–water partition coefficient (Wildman–Crippen LogP) is 6.45. The normalized spacial score (nSPS) is 18.3. The summed E-state index contributed by atoms with van der Waals surface area (Å²) in [6.45, 7) is 8.83. The Morgan fingerprint density at radius 3 is 2.64 bits per heavy atom. The lowest BCUT2D eigenvalue weighted by atomic mass is 9.93. The van der Waals surface area contributed by atoms with Crippen molar-refractivity contribution in [2.24, 2.45) is 0 Å². The molecule has 1 aromatic heterocycles. The van der Waals surface area contributed by atoms with Gasteiger partial charge in [-0.3, -0.25) is 4.79 Å². The van der Waals surface area contributed by atoms with E-state index < -0.39 is 5.54 Å². The van der Waals surface area contributed by atoms with Crippen LogP contribution in [0.3, 0.4) is 0 Å². The van der Waals surface area contributed by atoms with Crippen LogP contribution in [0, 0.1) is 26.6 Å². The second kappa shape index (κ2) is 7.84. The molecule has 0 radical (unpaired) electrons. The predicted molar refractivity (Wildman–Crippen MR) is 130 cm³/mol. The van der Waals surface area contributed by atoms with Crippen molar-refractivity contribution in [1.29, 1.82) is 0 Å². The summed E-state index contributed by atoms with van der Waals surface area (Å²) >= 11 is 0. The molecular weight excluding hydrogens is 413 g/mol. The number of fused-ring (bicyclic) bond motifs is 1. The van der Waals surface area contributed by atoms with Crippen molar-refractivity contribution in [1.82, 2.24) is 14.9 Å². The average Bonchev–Trinajstić information content (AvgIpc) is 3.42. The van der Waals surface area contributed by atoms with Gasteiger partial charge in [-0.05, 0) is 75.4 Å².